The lowest BCUT2D eigenvalue weighted by atomic mass is 10.0. The Labute approximate surface area is 158 Å². The summed E-state index contributed by atoms with van der Waals surface area (Å²) in [6, 6.07) is 17.4. The largest absolute Gasteiger partial charge is 0.503 e. The number of hydrogen-bond acceptors (Lipinski definition) is 5. The van der Waals surface area contributed by atoms with Gasteiger partial charge >= 0.3 is 5.97 Å². The van der Waals surface area contributed by atoms with Crippen molar-refractivity contribution in [3.63, 3.8) is 0 Å². The highest BCUT2D eigenvalue weighted by Gasteiger charge is 2.17. The van der Waals surface area contributed by atoms with Crippen molar-refractivity contribution in [3.05, 3.63) is 77.5 Å². The normalized spacial score (nSPS) is 11.3. The van der Waals surface area contributed by atoms with Crippen LogP contribution in [0.1, 0.15) is 16.7 Å². The first-order chi connectivity index (χ1) is 13.1. The topological polar surface area (TPSA) is 57.7 Å². The number of aryl methyl sites for hydroxylation is 1. The van der Waals surface area contributed by atoms with E-state index in [9.17, 15) is 4.79 Å². The Hall–Kier alpha value is -3.34. The highest BCUT2D eigenvalue weighted by atomic mass is 16.5. The summed E-state index contributed by atoms with van der Waals surface area (Å²) in [6.07, 6.45) is 1.38. The Morgan fingerprint density at radius 2 is 1.81 bits per heavy atom. The number of carbonyl (C=O) groups is 1. The molecule has 0 spiro atoms. The Kier molecular flexibility index (Phi) is 5.71. The van der Waals surface area contributed by atoms with Gasteiger partial charge in [-0.2, -0.15) is 0 Å². The SMILES string of the molecule is CO/C=C(\C(=O)OC)c1ccccc1COc1nc2ccccc2cc1C. The number of nitrogens with zero attached hydrogens (tertiary/aromatic N) is 1. The third-order valence-electron chi connectivity index (χ3n) is 4.18. The first-order valence-corrected chi connectivity index (χ1v) is 8.52. The van der Waals surface area contributed by atoms with E-state index in [1.807, 2.05) is 61.5 Å². The second-order valence-electron chi connectivity index (χ2n) is 6.01. The summed E-state index contributed by atoms with van der Waals surface area (Å²) < 4.78 is 15.9. The number of fused-ring (bicyclic) bond motifs is 1. The summed E-state index contributed by atoms with van der Waals surface area (Å²) in [6.45, 7) is 2.23. The Bertz CT molecular complexity index is 995. The van der Waals surface area contributed by atoms with Crippen molar-refractivity contribution in [3.8, 4) is 5.88 Å². The van der Waals surface area contributed by atoms with Gasteiger partial charge in [0, 0.05) is 10.9 Å². The van der Waals surface area contributed by atoms with Gasteiger partial charge in [-0.05, 0) is 30.2 Å². The molecule has 138 valence electrons. The Morgan fingerprint density at radius 3 is 2.59 bits per heavy atom. The van der Waals surface area contributed by atoms with Crippen LogP contribution in [0.3, 0.4) is 0 Å². The van der Waals surface area contributed by atoms with Crippen LogP contribution >= 0.6 is 0 Å². The average molecular weight is 363 g/mol. The number of benzene rings is 2. The molecule has 0 saturated carbocycles. The van der Waals surface area contributed by atoms with E-state index in [1.54, 1.807) is 0 Å². The van der Waals surface area contributed by atoms with E-state index in [0.717, 1.165) is 22.0 Å². The number of hydrogen-bond donors (Lipinski definition) is 0. The molecule has 1 heterocycles. The predicted octanol–water partition coefficient (Wildman–Crippen LogP) is 4.28. The monoisotopic (exact) mass is 363 g/mol. The van der Waals surface area contributed by atoms with Crippen LogP contribution in [-0.4, -0.2) is 25.2 Å². The lowest BCUT2D eigenvalue weighted by Crippen LogP contribution is -2.09. The van der Waals surface area contributed by atoms with E-state index >= 15 is 0 Å². The number of esters is 1. The van der Waals surface area contributed by atoms with Gasteiger partial charge in [-0.15, -0.1) is 0 Å². The highest BCUT2D eigenvalue weighted by Crippen LogP contribution is 2.25. The predicted molar refractivity (Wildman–Crippen MR) is 104 cm³/mol. The molecule has 0 fully saturated rings. The maximum absolute atomic E-state index is 12.1. The minimum atomic E-state index is -0.468. The van der Waals surface area contributed by atoms with E-state index < -0.39 is 5.97 Å². The van der Waals surface area contributed by atoms with E-state index in [1.165, 1.54) is 20.5 Å². The lowest BCUT2D eigenvalue weighted by Gasteiger charge is -2.13. The Morgan fingerprint density at radius 1 is 1.07 bits per heavy atom. The molecule has 5 heteroatoms. The van der Waals surface area contributed by atoms with Gasteiger partial charge in [0.25, 0.3) is 0 Å². The summed E-state index contributed by atoms with van der Waals surface area (Å²) in [4.78, 5) is 16.7. The van der Waals surface area contributed by atoms with E-state index in [-0.39, 0.29) is 6.61 Å². The van der Waals surface area contributed by atoms with Crippen molar-refractivity contribution in [1.82, 2.24) is 4.98 Å². The van der Waals surface area contributed by atoms with Gasteiger partial charge in [-0.1, -0.05) is 42.5 Å². The molecule has 1 aromatic heterocycles. The molecule has 0 unspecified atom stereocenters. The summed E-state index contributed by atoms with van der Waals surface area (Å²) in [5.74, 6) is 0.100. The highest BCUT2D eigenvalue weighted by molar-refractivity contribution is 6.16. The van der Waals surface area contributed by atoms with Gasteiger partial charge in [0.05, 0.1) is 26.0 Å². The van der Waals surface area contributed by atoms with Crippen molar-refractivity contribution >= 4 is 22.4 Å². The second-order valence-corrected chi connectivity index (χ2v) is 6.01. The molecule has 3 rings (SSSR count). The molecule has 0 aliphatic carbocycles. The number of rotatable bonds is 6. The average Bonchev–Trinajstić information content (AvgIpc) is 2.70. The molecule has 27 heavy (non-hydrogen) atoms. The molecule has 0 atom stereocenters. The zero-order chi connectivity index (χ0) is 19.2. The summed E-state index contributed by atoms with van der Waals surface area (Å²) >= 11 is 0. The summed E-state index contributed by atoms with van der Waals surface area (Å²) in [7, 11) is 2.83. The molecule has 3 aromatic rings. The maximum atomic E-state index is 12.1. The van der Waals surface area contributed by atoms with Crippen LogP contribution in [0.4, 0.5) is 0 Å². The molecular formula is C22H21NO4. The van der Waals surface area contributed by atoms with Crippen molar-refractivity contribution in [2.45, 2.75) is 13.5 Å². The molecule has 0 aliphatic rings. The number of aromatic nitrogens is 1. The van der Waals surface area contributed by atoms with Crippen molar-refractivity contribution in [1.29, 1.82) is 0 Å². The number of pyridine rings is 1. The molecule has 0 saturated heterocycles. The van der Waals surface area contributed by atoms with E-state index in [0.29, 0.717) is 17.0 Å². The van der Waals surface area contributed by atoms with Crippen LogP contribution in [-0.2, 0) is 20.9 Å². The van der Waals surface area contributed by atoms with Crippen LogP contribution in [0, 0.1) is 6.92 Å². The fourth-order valence-electron chi connectivity index (χ4n) is 2.85. The molecular weight excluding hydrogens is 342 g/mol. The smallest absolute Gasteiger partial charge is 0.341 e. The zero-order valence-corrected chi connectivity index (χ0v) is 15.6. The molecule has 0 amide bonds. The number of methoxy groups -OCH3 is 2. The van der Waals surface area contributed by atoms with Crippen molar-refractivity contribution in [2.75, 3.05) is 14.2 Å². The molecule has 0 radical (unpaired) electrons. The van der Waals surface area contributed by atoms with E-state index in [4.69, 9.17) is 14.2 Å². The third kappa shape index (κ3) is 4.08. The van der Waals surface area contributed by atoms with Crippen LogP contribution in [0.25, 0.3) is 16.5 Å². The number of para-hydroxylation sites is 1. The fraction of sp³-hybridized carbons (Fsp3) is 0.182. The lowest BCUT2D eigenvalue weighted by molar-refractivity contribution is -0.133. The van der Waals surface area contributed by atoms with Crippen LogP contribution in [0.5, 0.6) is 5.88 Å². The van der Waals surface area contributed by atoms with Gasteiger partial charge in [0.15, 0.2) is 0 Å². The quantitative estimate of drug-likeness (QED) is 0.372. The Balaban J connectivity index is 1.90. The molecule has 0 aliphatic heterocycles. The van der Waals surface area contributed by atoms with Gasteiger partial charge < -0.3 is 14.2 Å². The number of carbonyl (C=O) groups excluding carboxylic acids is 1. The van der Waals surface area contributed by atoms with Crippen LogP contribution < -0.4 is 4.74 Å². The van der Waals surface area contributed by atoms with Gasteiger partial charge in [0.1, 0.15) is 12.2 Å². The first-order valence-electron chi connectivity index (χ1n) is 8.52. The molecule has 5 nitrogen and oxygen atoms in total. The molecule has 2 aromatic carbocycles. The van der Waals surface area contributed by atoms with Crippen LogP contribution in [0.15, 0.2) is 60.9 Å². The van der Waals surface area contributed by atoms with Crippen LogP contribution in [0.2, 0.25) is 0 Å². The first kappa shape index (κ1) is 18.5. The fourth-order valence-corrected chi connectivity index (χ4v) is 2.85. The third-order valence-corrected chi connectivity index (χ3v) is 4.18. The molecule has 0 N–H and O–H groups in total. The van der Waals surface area contributed by atoms with Gasteiger partial charge in [0.2, 0.25) is 5.88 Å². The number of ether oxygens (including phenoxy) is 3. The molecule has 0 bridgehead atoms. The summed E-state index contributed by atoms with van der Waals surface area (Å²) in [5, 5.41) is 1.07. The van der Waals surface area contributed by atoms with Crippen molar-refractivity contribution in [2.24, 2.45) is 0 Å². The minimum absolute atomic E-state index is 0.264. The summed E-state index contributed by atoms with van der Waals surface area (Å²) in [5.41, 5.74) is 3.69. The van der Waals surface area contributed by atoms with Gasteiger partial charge in [-0.25, -0.2) is 9.78 Å². The standard InChI is InChI=1S/C22H21NO4/c1-15-12-16-8-5-7-11-20(16)23-21(15)27-13-17-9-4-6-10-18(17)19(14-25-2)22(24)26-3/h4-12,14H,13H2,1-3H3/b19-14-. The van der Waals surface area contributed by atoms with E-state index in [2.05, 4.69) is 4.98 Å². The minimum Gasteiger partial charge on any atom is -0.503 e. The van der Waals surface area contributed by atoms with Crippen molar-refractivity contribution < 1.29 is 19.0 Å². The second kappa shape index (κ2) is 8.36. The van der Waals surface area contributed by atoms with Gasteiger partial charge in [-0.3, -0.25) is 0 Å². The maximum Gasteiger partial charge on any atom is 0.341 e. The zero-order valence-electron chi connectivity index (χ0n) is 15.6.